The largest absolute Gasteiger partial charge is 0.349 e. The standard InChI is InChI=1S/C13H17N3O3.ClH/c14-9-5-7-10(8-6-9)15-13(17)11-3-1-2-4-12(11)16(18)19;/h1-4,9-10H,5-8,14H2,(H,15,17);1H. The van der Waals surface area contributed by atoms with E-state index in [9.17, 15) is 14.9 Å². The van der Waals surface area contributed by atoms with Crippen LogP contribution in [0, 0.1) is 10.1 Å². The number of carbonyl (C=O) groups is 1. The smallest absolute Gasteiger partial charge is 0.282 e. The third-order valence-electron chi connectivity index (χ3n) is 3.45. The predicted octanol–water partition coefficient (Wildman–Crippen LogP) is 2.02. The highest BCUT2D eigenvalue weighted by molar-refractivity contribution is 5.98. The van der Waals surface area contributed by atoms with Crippen molar-refractivity contribution in [1.82, 2.24) is 5.32 Å². The molecule has 1 aromatic rings. The van der Waals surface area contributed by atoms with Gasteiger partial charge in [0.1, 0.15) is 5.56 Å². The summed E-state index contributed by atoms with van der Waals surface area (Å²) in [4.78, 5) is 22.4. The van der Waals surface area contributed by atoms with E-state index in [-0.39, 0.29) is 41.6 Å². The number of hydrogen-bond acceptors (Lipinski definition) is 4. The summed E-state index contributed by atoms with van der Waals surface area (Å²) in [5.41, 5.74) is 5.75. The number of benzene rings is 1. The van der Waals surface area contributed by atoms with E-state index in [4.69, 9.17) is 5.73 Å². The highest BCUT2D eigenvalue weighted by Crippen LogP contribution is 2.20. The fraction of sp³-hybridized carbons (Fsp3) is 0.462. The van der Waals surface area contributed by atoms with Gasteiger partial charge in [-0.3, -0.25) is 14.9 Å². The van der Waals surface area contributed by atoms with E-state index in [0.29, 0.717) is 0 Å². The van der Waals surface area contributed by atoms with Crippen LogP contribution in [0.3, 0.4) is 0 Å². The number of halogens is 1. The number of hydrogen-bond donors (Lipinski definition) is 2. The van der Waals surface area contributed by atoms with Crippen LogP contribution in [0.2, 0.25) is 0 Å². The van der Waals surface area contributed by atoms with Crippen molar-refractivity contribution in [1.29, 1.82) is 0 Å². The second kappa shape index (κ2) is 7.21. The van der Waals surface area contributed by atoms with Crippen LogP contribution in [0.4, 0.5) is 5.69 Å². The highest BCUT2D eigenvalue weighted by Gasteiger charge is 2.24. The lowest BCUT2D eigenvalue weighted by molar-refractivity contribution is -0.385. The predicted molar refractivity (Wildman–Crippen MR) is 78.0 cm³/mol. The molecule has 0 bridgehead atoms. The van der Waals surface area contributed by atoms with Gasteiger partial charge in [-0.05, 0) is 31.7 Å². The van der Waals surface area contributed by atoms with Crippen LogP contribution in [-0.4, -0.2) is 22.9 Å². The van der Waals surface area contributed by atoms with Crippen molar-refractivity contribution in [3.63, 3.8) is 0 Å². The average molecular weight is 300 g/mol. The third-order valence-corrected chi connectivity index (χ3v) is 3.45. The van der Waals surface area contributed by atoms with Crippen molar-refractivity contribution < 1.29 is 9.72 Å². The second-order valence-corrected chi connectivity index (χ2v) is 4.86. The van der Waals surface area contributed by atoms with Crippen LogP contribution in [0.25, 0.3) is 0 Å². The fourth-order valence-electron chi connectivity index (χ4n) is 2.35. The number of rotatable bonds is 3. The number of nitrogens with two attached hydrogens (primary N) is 1. The molecule has 20 heavy (non-hydrogen) atoms. The normalized spacial score (nSPS) is 21.6. The van der Waals surface area contributed by atoms with Gasteiger partial charge in [-0.1, -0.05) is 12.1 Å². The Labute approximate surface area is 123 Å². The highest BCUT2D eigenvalue weighted by atomic mass is 35.5. The molecule has 0 aromatic heterocycles. The van der Waals surface area contributed by atoms with E-state index in [1.54, 1.807) is 12.1 Å². The molecule has 1 saturated carbocycles. The van der Waals surface area contributed by atoms with E-state index >= 15 is 0 Å². The molecule has 1 aromatic carbocycles. The third kappa shape index (κ3) is 3.91. The number of nitro benzene ring substituents is 1. The van der Waals surface area contributed by atoms with E-state index in [1.807, 2.05) is 0 Å². The van der Waals surface area contributed by atoms with E-state index in [1.165, 1.54) is 12.1 Å². The summed E-state index contributed by atoms with van der Waals surface area (Å²) in [6.45, 7) is 0. The minimum absolute atomic E-state index is 0. The molecule has 1 aliphatic carbocycles. The summed E-state index contributed by atoms with van der Waals surface area (Å²) in [5.74, 6) is -0.382. The molecule has 110 valence electrons. The summed E-state index contributed by atoms with van der Waals surface area (Å²) in [7, 11) is 0. The quantitative estimate of drug-likeness (QED) is 0.659. The van der Waals surface area contributed by atoms with E-state index in [2.05, 4.69) is 5.32 Å². The van der Waals surface area contributed by atoms with E-state index in [0.717, 1.165) is 25.7 Å². The zero-order valence-corrected chi connectivity index (χ0v) is 11.8. The minimum atomic E-state index is -0.536. The molecular formula is C13H18ClN3O3. The summed E-state index contributed by atoms with van der Waals surface area (Å²) in [6, 6.07) is 6.26. The number of nitro groups is 1. The van der Waals surface area contributed by atoms with Crippen molar-refractivity contribution in [3.8, 4) is 0 Å². The van der Waals surface area contributed by atoms with Gasteiger partial charge in [0.2, 0.25) is 0 Å². The van der Waals surface area contributed by atoms with Gasteiger partial charge in [-0.25, -0.2) is 0 Å². The molecular weight excluding hydrogens is 282 g/mol. The van der Waals surface area contributed by atoms with Gasteiger partial charge in [0.15, 0.2) is 0 Å². The lowest BCUT2D eigenvalue weighted by Gasteiger charge is -2.26. The molecule has 0 spiro atoms. The molecule has 0 saturated heterocycles. The Morgan fingerprint density at radius 1 is 1.25 bits per heavy atom. The minimum Gasteiger partial charge on any atom is -0.349 e. The van der Waals surface area contributed by atoms with Gasteiger partial charge in [0, 0.05) is 18.2 Å². The molecule has 6 nitrogen and oxygen atoms in total. The monoisotopic (exact) mass is 299 g/mol. The molecule has 0 radical (unpaired) electrons. The lowest BCUT2D eigenvalue weighted by Crippen LogP contribution is -2.40. The van der Waals surface area contributed by atoms with Crippen LogP contribution >= 0.6 is 12.4 Å². The molecule has 0 aliphatic heterocycles. The Morgan fingerprint density at radius 3 is 2.45 bits per heavy atom. The molecule has 2 rings (SSSR count). The number of carbonyl (C=O) groups excluding carboxylic acids is 1. The van der Waals surface area contributed by atoms with Crippen LogP contribution in [-0.2, 0) is 0 Å². The summed E-state index contributed by atoms with van der Waals surface area (Å²) in [6.07, 6.45) is 3.41. The van der Waals surface area contributed by atoms with Crippen LogP contribution in [0.1, 0.15) is 36.0 Å². The van der Waals surface area contributed by atoms with Gasteiger partial charge >= 0.3 is 0 Å². The van der Waals surface area contributed by atoms with Crippen molar-refractivity contribution in [2.45, 2.75) is 37.8 Å². The summed E-state index contributed by atoms with van der Waals surface area (Å²) in [5, 5.41) is 13.7. The first-order chi connectivity index (χ1) is 9.08. The van der Waals surface area contributed by atoms with Crippen molar-refractivity contribution in [3.05, 3.63) is 39.9 Å². The molecule has 1 amide bonds. The molecule has 7 heteroatoms. The Kier molecular flexibility index (Phi) is 5.91. The SMILES string of the molecule is Cl.NC1CCC(NC(=O)c2ccccc2[N+](=O)[O-])CC1. The Bertz CT molecular complexity index is 488. The van der Waals surface area contributed by atoms with E-state index < -0.39 is 4.92 Å². The first-order valence-corrected chi connectivity index (χ1v) is 6.38. The van der Waals surface area contributed by atoms with Gasteiger partial charge in [-0.2, -0.15) is 0 Å². The van der Waals surface area contributed by atoms with Crippen LogP contribution < -0.4 is 11.1 Å². The Morgan fingerprint density at radius 2 is 1.85 bits per heavy atom. The number of nitrogens with one attached hydrogen (secondary N) is 1. The number of nitrogens with zero attached hydrogens (tertiary/aromatic N) is 1. The maximum absolute atomic E-state index is 12.1. The Balaban J connectivity index is 0.00000200. The fourth-order valence-corrected chi connectivity index (χ4v) is 2.35. The van der Waals surface area contributed by atoms with Crippen molar-refractivity contribution in [2.24, 2.45) is 5.73 Å². The molecule has 3 N–H and O–H groups in total. The average Bonchev–Trinajstić information content (AvgIpc) is 2.41. The molecule has 0 heterocycles. The van der Waals surface area contributed by atoms with Crippen molar-refractivity contribution in [2.75, 3.05) is 0 Å². The van der Waals surface area contributed by atoms with Gasteiger partial charge in [0.05, 0.1) is 4.92 Å². The lowest BCUT2D eigenvalue weighted by atomic mass is 9.91. The first kappa shape index (κ1) is 16.4. The Hall–Kier alpha value is -1.66. The van der Waals surface area contributed by atoms with Crippen LogP contribution in [0.15, 0.2) is 24.3 Å². The molecule has 1 aliphatic rings. The zero-order chi connectivity index (χ0) is 13.8. The van der Waals surface area contributed by atoms with Crippen LogP contribution in [0.5, 0.6) is 0 Å². The topological polar surface area (TPSA) is 98.3 Å². The van der Waals surface area contributed by atoms with Crippen molar-refractivity contribution >= 4 is 24.0 Å². The molecule has 0 atom stereocenters. The summed E-state index contributed by atoms with van der Waals surface area (Å²) < 4.78 is 0. The molecule has 1 fully saturated rings. The number of para-hydroxylation sites is 1. The maximum atomic E-state index is 12.1. The summed E-state index contributed by atoms with van der Waals surface area (Å²) >= 11 is 0. The zero-order valence-electron chi connectivity index (χ0n) is 11.0. The maximum Gasteiger partial charge on any atom is 0.282 e. The van der Waals surface area contributed by atoms with Gasteiger partial charge in [-0.15, -0.1) is 12.4 Å². The molecule has 0 unspecified atom stereocenters. The first-order valence-electron chi connectivity index (χ1n) is 6.38. The number of amides is 1. The van der Waals surface area contributed by atoms with Gasteiger partial charge in [0.25, 0.3) is 11.6 Å². The van der Waals surface area contributed by atoms with Gasteiger partial charge < -0.3 is 11.1 Å². The second-order valence-electron chi connectivity index (χ2n) is 4.86.